The van der Waals surface area contributed by atoms with E-state index in [0.717, 1.165) is 16.9 Å². The molecular weight excluding hydrogens is 327 g/mol. The highest BCUT2D eigenvalue weighted by Crippen LogP contribution is 2.28. The molecule has 9 heteroatoms. The summed E-state index contributed by atoms with van der Waals surface area (Å²) in [6, 6.07) is 7.83. The number of hydrogen-bond donors (Lipinski definition) is 1. The van der Waals surface area contributed by atoms with Crippen LogP contribution < -0.4 is 0 Å². The molecule has 2 aromatic heterocycles. The molecule has 2 heterocycles. The van der Waals surface area contributed by atoms with E-state index in [0.29, 0.717) is 22.3 Å². The molecule has 22 heavy (non-hydrogen) atoms. The highest BCUT2D eigenvalue weighted by atomic mass is 32.2. The molecule has 1 aromatic carbocycles. The zero-order valence-corrected chi connectivity index (χ0v) is 12.7. The van der Waals surface area contributed by atoms with E-state index in [1.807, 2.05) is 0 Å². The predicted molar refractivity (Wildman–Crippen MR) is 82.3 cm³/mol. The van der Waals surface area contributed by atoms with Crippen molar-refractivity contribution in [2.75, 3.05) is 0 Å². The summed E-state index contributed by atoms with van der Waals surface area (Å²) in [6.07, 6.45) is 0. The molecule has 0 spiro atoms. The second-order valence-electron chi connectivity index (χ2n) is 4.29. The van der Waals surface area contributed by atoms with Gasteiger partial charge in [0.15, 0.2) is 5.82 Å². The van der Waals surface area contributed by atoms with Crippen molar-refractivity contribution in [1.29, 1.82) is 0 Å². The molecular formula is C13H9FN4O2S2. The number of aromatic amines is 1. The number of rotatable bonds is 5. The molecule has 0 amide bonds. The van der Waals surface area contributed by atoms with Crippen molar-refractivity contribution >= 4 is 28.1 Å². The fourth-order valence-electron chi connectivity index (χ4n) is 1.77. The summed E-state index contributed by atoms with van der Waals surface area (Å²) in [5.74, 6) is 0.499. The molecule has 0 saturated carbocycles. The standard InChI is InChI=1S/C13H9FN4O2S2/c14-10-4-2-1-3-9(10)12-15-13(17-16-12)22-7-8-5-11(18(19)20)21-6-8/h1-6H,7H2,(H,15,16,17). The Morgan fingerprint density at radius 2 is 2.23 bits per heavy atom. The van der Waals surface area contributed by atoms with E-state index in [1.54, 1.807) is 23.6 Å². The summed E-state index contributed by atoms with van der Waals surface area (Å²) in [7, 11) is 0. The van der Waals surface area contributed by atoms with Crippen LogP contribution in [-0.2, 0) is 5.75 Å². The Balaban J connectivity index is 1.69. The van der Waals surface area contributed by atoms with Crippen molar-refractivity contribution in [1.82, 2.24) is 15.2 Å². The van der Waals surface area contributed by atoms with Gasteiger partial charge in [0.2, 0.25) is 5.16 Å². The minimum atomic E-state index is -0.415. The maximum absolute atomic E-state index is 13.7. The number of nitrogens with one attached hydrogen (secondary N) is 1. The molecule has 0 aliphatic rings. The summed E-state index contributed by atoms with van der Waals surface area (Å²) in [4.78, 5) is 14.4. The van der Waals surface area contributed by atoms with Crippen molar-refractivity contribution in [3.05, 3.63) is 57.2 Å². The number of H-pyrrole nitrogens is 1. The summed E-state index contributed by atoms with van der Waals surface area (Å²) in [5.41, 5.74) is 1.19. The van der Waals surface area contributed by atoms with Crippen molar-refractivity contribution in [3.8, 4) is 11.4 Å². The van der Waals surface area contributed by atoms with Gasteiger partial charge in [-0.25, -0.2) is 9.37 Å². The van der Waals surface area contributed by atoms with Crippen molar-refractivity contribution in [2.45, 2.75) is 10.9 Å². The average molecular weight is 336 g/mol. The quantitative estimate of drug-likeness (QED) is 0.434. The van der Waals surface area contributed by atoms with Gasteiger partial charge in [-0.1, -0.05) is 35.2 Å². The molecule has 3 aromatic rings. The van der Waals surface area contributed by atoms with Crippen LogP contribution >= 0.6 is 23.1 Å². The third-order valence-electron chi connectivity index (χ3n) is 2.78. The molecule has 0 saturated heterocycles. The zero-order valence-electron chi connectivity index (χ0n) is 11.0. The number of nitrogens with zero attached hydrogens (tertiary/aromatic N) is 3. The van der Waals surface area contributed by atoms with E-state index in [4.69, 9.17) is 0 Å². The average Bonchev–Trinajstić information content (AvgIpc) is 3.15. The summed E-state index contributed by atoms with van der Waals surface area (Å²) in [6.45, 7) is 0. The van der Waals surface area contributed by atoms with Gasteiger partial charge < -0.3 is 0 Å². The number of thiophene rings is 1. The zero-order chi connectivity index (χ0) is 15.5. The van der Waals surface area contributed by atoms with E-state index in [9.17, 15) is 14.5 Å². The van der Waals surface area contributed by atoms with Gasteiger partial charge in [-0.2, -0.15) is 0 Å². The second kappa shape index (κ2) is 6.24. The topological polar surface area (TPSA) is 84.7 Å². The largest absolute Gasteiger partial charge is 0.324 e. The first kappa shape index (κ1) is 14.7. The van der Waals surface area contributed by atoms with Gasteiger partial charge in [0, 0.05) is 17.2 Å². The van der Waals surface area contributed by atoms with E-state index in [1.165, 1.54) is 23.9 Å². The number of benzene rings is 1. The van der Waals surface area contributed by atoms with Crippen LogP contribution in [0.5, 0.6) is 0 Å². The summed E-state index contributed by atoms with van der Waals surface area (Å²) in [5, 5.41) is 19.6. The van der Waals surface area contributed by atoms with Crippen molar-refractivity contribution in [2.24, 2.45) is 0 Å². The third-order valence-corrected chi connectivity index (χ3v) is 4.63. The van der Waals surface area contributed by atoms with E-state index < -0.39 is 4.92 Å². The Hall–Kier alpha value is -2.26. The van der Waals surface area contributed by atoms with E-state index >= 15 is 0 Å². The van der Waals surface area contributed by atoms with Crippen LogP contribution in [0.4, 0.5) is 9.39 Å². The minimum absolute atomic E-state index is 0.109. The lowest BCUT2D eigenvalue weighted by Gasteiger charge is -1.96. The van der Waals surface area contributed by atoms with Gasteiger partial charge in [-0.15, -0.1) is 5.10 Å². The number of aromatic nitrogens is 3. The van der Waals surface area contributed by atoms with Crippen molar-refractivity contribution < 1.29 is 9.31 Å². The molecule has 1 N–H and O–H groups in total. The van der Waals surface area contributed by atoms with Gasteiger partial charge in [0.1, 0.15) is 5.82 Å². The number of hydrogen-bond acceptors (Lipinski definition) is 6. The summed E-state index contributed by atoms with van der Waals surface area (Å²) >= 11 is 2.41. The van der Waals surface area contributed by atoms with Crippen LogP contribution in [0.25, 0.3) is 11.4 Å². The maximum atomic E-state index is 13.7. The van der Waals surface area contributed by atoms with Crippen LogP contribution in [0.3, 0.4) is 0 Å². The van der Waals surface area contributed by atoms with Crippen LogP contribution in [0.1, 0.15) is 5.56 Å². The molecule has 112 valence electrons. The molecule has 3 rings (SSSR count). The molecule has 0 atom stereocenters. The predicted octanol–water partition coefficient (Wildman–Crippen LogP) is 3.87. The maximum Gasteiger partial charge on any atom is 0.324 e. The smallest absolute Gasteiger partial charge is 0.258 e. The molecule has 0 aliphatic carbocycles. The molecule has 0 aliphatic heterocycles. The summed E-state index contributed by atoms with van der Waals surface area (Å²) < 4.78 is 13.7. The highest BCUT2D eigenvalue weighted by molar-refractivity contribution is 7.98. The van der Waals surface area contributed by atoms with Gasteiger partial charge in [0.05, 0.1) is 10.5 Å². The Morgan fingerprint density at radius 1 is 1.41 bits per heavy atom. The van der Waals surface area contributed by atoms with Gasteiger partial charge >= 0.3 is 5.00 Å². The third kappa shape index (κ3) is 3.15. The first-order valence-electron chi connectivity index (χ1n) is 6.15. The first-order valence-corrected chi connectivity index (χ1v) is 8.02. The Labute approximate surface area is 132 Å². The Bertz CT molecular complexity index is 818. The lowest BCUT2D eigenvalue weighted by molar-refractivity contribution is -0.380. The molecule has 6 nitrogen and oxygen atoms in total. The normalized spacial score (nSPS) is 10.8. The fourth-order valence-corrected chi connectivity index (χ4v) is 3.33. The molecule has 0 bridgehead atoms. The van der Waals surface area contributed by atoms with Gasteiger partial charge in [-0.3, -0.25) is 15.2 Å². The number of nitro groups is 1. The lowest BCUT2D eigenvalue weighted by atomic mass is 10.2. The SMILES string of the molecule is O=[N+]([O-])c1cc(CSc2n[nH]c(-c3ccccc3F)n2)cs1. The number of halogens is 1. The van der Waals surface area contributed by atoms with Crippen LogP contribution in [-0.4, -0.2) is 20.1 Å². The van der Waals surface area contributed by atoms with Gasteiger partial charge in [-0.05, 0) is 17.7 Å². The van der Waals surface area contributed by atoms with E-state index in [2.05, 4.69) is 15.2 Å². The van der Waals surface area contributed by atoms with Gasteiger partial charge in [0.25, 0.3) is 0 Å². The fraction of sp³-hybridized carbons (Fsp3) is 0.0769. The van der Waals surface area contributed by atoms with Crippen LogP contribution in [0, 0.1) is 15.9 Å². The molecule has 0 unspecified atom stereocenters. The Morgan fingerprint density at radius 3 is 2.95 bits per heavy atom. The lowest BCUT2D eigenvalue weighted by Crippen LogP contribution is -1.85. The molecule has 0 fully saturated rings. The first-order chi connectivity index (χ1) is 10.6. The molecule has 0 radical (unpaired) electrons. The Kier molecular flexibility index (Phi) is 4.16. The van der Waals surface area contributed by atoms with E-state index in [-0.39, 0.29) is 10.8 Å². The van der Waals surface area contributed by atoms with Crippen LogP contribution in [0.2, 0.25) is 0 Å². The van der Waals surface area contributed by atoms with Crippen molar-refractivity contribution in [3.63, 3.8) is 0 Å². The minimum Gasteiger partial charge on any atom is -0.258 e. The second-order valence-corrected chi connectivity index (χ2v) is 6.12. The highest BCUT2D eigenvalue weighted by Gasteiger charge is 2.12. The number of thioether (sulfide) groups is 1. The monoisotopic (exact) mass is 336 g/mol. The van der Waals surface area contributed by atoms with Crippen LogP contribution in [0.15, 0.2) is 40.9 Å².